The number of hydrogen-bond acceptors (Lipinski definition) is 4. The fourth-order valence-electron chi connectivity index (χ4n) is 1.83. The fourth-order valence-corrected chi connectivity index (χ4v) is 2.04. The zero-order chi connectivity index (χ0) is 16.8. The lowest BCUT2D eigenvalue weighted by Crippen LogP contribution is -2.32. The summed E-state index contributed by atoms with van der Waals surface area (Å²) < 4.78 is 12.8. The molecule has 0 saturated heterocycles. The summed E-state index contributed by atoms with van der Waals surface area (Å²) in [6.07, 6.45) is -0.872. The molecule has 0 amide bonds. The van der Waals surface area contributed by atoms with Gasteiger partial charge in [-0.2, -0.15) is 0 Å². The molecule has 8 heteroatoms. The largest absolute Gasteiger partial charge is 0.387 e. The SMILES string of the molecule is O=[N+]([O-])c1ccc([C@H](O)CNC(=S)Nc2ccc(F)cc2)cc1. The first-order valence-electron chi connectivity index (χ1n) is 6.68. The zero-order valence-electron chi connectivity index (χ0n) is 11.9. The van der Waals surface area contributed by atoms with Gasteiger partial charge in [0.2, 0.25) is 0 Å². The van der Waals surface area contributed by atoms with Gasteiger partial charge in [-0.1, -0.05) is 0 Å². The molecule has 0 fully saturated rings. The number of aliphatic hydroxyl groups excluding tert-OH is 1. The number of anilines is 1. The van der Waals surface area contributed by atoms with E-state index in [1.165, 1.54) is 48.5 Å². The number of hydrogen-bond donors (Lipinski definition) is 3. The Morgan fingerprint density at radius 2 is 1.83 bits per heavy atom. The van der Waals surface area contributed by atoms with Crippen LogP contribution in [0.2, 0.25) is 0 Å². The van der Waals surface area contributed by atoms with Gasteiger partial charge < -0.3 is 15.7 Å². The minimum Gasteiger partial charge on any atom is -0.387 e. The van der Waals surface area contributed by atoms with Crippen molar-refractivity contribution in [3.8, 4) is 0 Å². The van der Waals surface area contributed by atoms with Gasteiger partial charge in [0, 0.05) is 24.4 Å². The molecule has 0 bridgehead atoms. The van der Waals surface area contributed by atoms with E-state index in [-0.39, 0.29) is 23.2 Å². The molecular formula is C15H14FN3O3S. The number of non-ortho nitro benzene ring substituents is 1. The topological polar surface area (TPSA) is 87.4 Å². The van der Waals surface area contributed by atoms with Crippen molar-refractivity contribution in [3.63, 3.8) is 0 Å². The molecule has 0 unspecified atom stereocenters. The summed E-state index contributed by atoms with van der Waals surface area (Å²) in [4.78, 5) is 10.1. The van der Waals surface area contributed by atoms with Gasteiger partial charge in [0.25, 0.3) is 5.69 Å². The molecule has 1 atom stereocenters. The lowest BCUT2D eigenvalue weighted by Gasteiger charge is -2.14. The number of halogens is 1. The molecule has 6 nitrogen and oxygen atoms in total. The van der Waals surface area contributed by atoms with Gasteiger partial charge in [-0.05, 0) is 54.2 Å². The van der Waals surface area contributed by atoms with Crippen molar-refractivity contribution in [2.45, 2.75) is 6.10 Å². The molecule has 2 aromatic rings. The summed E-state index contributed by atoms with van der Waals surface area (Å²) in [7, 11) is 0. The fraction of sp³-hybridized carbons (Fsp3) is 0.133. The second-order valence-electron chi connectivity index (χ2n) is 4.71. The summed E-state index contributed by atoms with van der Waals surface area (Å²) >= 11 is 5.08. The highest BCUT2D eigenvalue weighted by Gasteiger charge is 2.11. The second-order valence-corrected chi connectivity index (χ2v) is 5.11. The smallest absolute Gasteiger partial charge is 0.269 e. The number of nitrogens with zero attached hydrogens (tertiary/aromatic N) is 1. The summed E-state index contributed by atoms with van der Waals surface area (Å²) in [6.45, 7) is 0.130. The van der Waals surface area contributed by atoms with Crippen molar-refractivity contribution in [1.29, 1.82) is 0 Å². The normalized spacial score (nSPS) is 11.6. The van der Waals surface area contributed by atoms with E-state index in [2.05, 4.69) is 10.6 Å². The van der Waals surface area contributed by atoms with Gasteiger partial charge >= 0.3 is 0 Å². The van der Waals surface area contributed by atoms with Crippen LogP contribution in [0.5, 0.6) is 0 Å². The Hall–Kier alpha value is -2.58. The number of nitro benzene ring substituents is 1. The van der Waals surface area contributed by atoms with Crippen molar-refractivity contribution >= 4 is 28.7 Å². The Balaban J connectivity index is 1.85. The Morgan fingerprint density at radius 1 is 1.22 bits per heavy atom. The van der Waals surface area contributed by atoms with Crippen LogP contribution in [0, 0.1) is 15.9 Å². The minimum atomic E-state index is -0.872. The first kappa shape index (κ1) is 16.8. The van der Waals surface area contributed by atoms with Gasteiger partial charge in [0.15, 0.2) is 5.11 Å². The highest BCUT2D eigenvalue weighted by atomic mass is 32.1. The van der Waals surface area contributed by atoms with Gasteiger partial charge in [0.05, 0.1) is 11.0 Å². The molecule has 0 spiro atoms. The van der Waals surface area contributed by atoms with E-state index in [0.717, 1.165) is 0 Å². The van der Waals surface area contributed by atoms with Crippen LogP contribution in [-0.2, 0) is 0 Å². The summed E-state index contributed by atoms with van der Waals surface area (Å²) in [5.41, 5.74) is 1.11. The van der Waals surface area contributed by atoms with Gasteiger partial charge in [-0.3, -0.25) is 10.1 Å². The Kier molecular flexibility index (Phi) is 5.56. The van der Waals surface area contributed by atoms with E-state index in [0.29, 0.717) is 11.3 Å². The Labute approximate surface area is 137 Å². The van der Waals surface area contributed by atoms with E-state index in [9.17, 15) is 19.6 Å². The average Bonchev–Trinajstić information content (AvgIpc) is 2.55. The van der Waals surface area contributed by atoms with Gasteiger partial charge in [-0.25, -0.2) is 4.39 Å². The lowest BCUT2D eigenvalue weighted by molar-refractivity contribution is -0.384. The predicted molar refractivity (Wildman–Crippen MR) is 88.7 cm³/mol. The van der Waals surface area contributed by atoms with E-state index >= 15 is 0 Å². The lowest BCUT2D eigenvalue weighted by atomic mass is 10.1. The molecule has 2 aromatic carbocycles. The monoisotopic (exact) mass is 335 g/mol. The van der Waals surface area contributed by atoms with Crippen molar-refractivity contribution in [1.82, 2.24) is 5.32 Å². The molecule has 0 aliphatic rings. The van der Waals surface area contributed by atoms with Crippen LogP contribution in [0.25, 0.3) is 0 Å². The van der Waals surface area contributed by atoms with Crippen molar-refractivity contribution in [2.75, 3.05) is 11.9 Å². The highest BCUT2D eigenvalue weighted by molar-refractivity contribution is 7.80. The summed E-state index contributed by atoms with van der Waals surface area (Å²) in [6, 6.07) is 11.3. The summed E-state index contributed by atoms with van der Waals surface area (Å²) in [5.74, 6) is -0.344. The Bertz CT molecular complexity index is 692. The van der Waals surface area contributed by atoms with Crippen LogP contribution in [-0.4, -0.2) is 21.7 Å². The third-order valence-corrected chi connectivity index (χ3v) is 3.29. The van der Waals surface area contributed by atoms with E-state index < -0.39 is 11.0 Å². The van der Waals surface area contributed by atoms with E-state index in [1.54, 1.807) is 0 Å². The van der Waals surface area contributed by atoms with E-state index in [1.807, 2.05) is 0 Å². The molecule has 3 N–H and O–H groups in total. The third kappa shape index (κ3) is 4.97. The highest BCUT2D eigenvalue weighted by Crippen LogP contribution is 2.17. The molecular weight excluding hydrogens is 321 g/mol. The molecule has 23 heavy (non-hydrogen) atoms. The first-order valence-corrected chi connectivity index (χ1v) is 7.09. The maximum atomic E-state index is 12.8. The molecule has 0 heterocycles. The van der Waals surface area contributed by atoms with Crippen molar-refractivity contribution in [3.05, 3.63) is 70.0 Å². The molecule has 120 valence electrons. The molecule has 0 aliphatic carbocycles. The molecule has 0 aromatic heterocycles. The maximum Gasteiger partial charge on any atom is 0.269 e. The number of nitrogens with one attached hydrogen (secondary N) is 2. The van der Waals surface area contributed by atoms with Crippen molar-refractivity contribution < 1.29 is 14.4 Å². The van der Waals surface area contributed by atoms with E-state index in [4.69, 9.17) is 12.2 Å². The predicted octanol–water partition coefficient (Wildman–Crippen LogP) is 2.75. The van der Waals surface area contributed by atoms with Gasteiger partial charge in [0.1, 0.15) is 5.82 Å². The number of benzene rings is 2. The minimum absolute atomic E-state index is 0.0394. The maximum absolute atomic E-state index is 12.8. The Morgan fingerprint density at radius 3 is 2.39 bits per heavy atom. The molecule has 0 radical (unpaired) electrons. The van der Waals surface area contributed by atoms with Crippen LogP contribution in [0.15, 0.2) is 48.5 Å². The van der Waals surface area contributed by atoms with Crippen molar-refractivity contribution in [2.24, 2.45) is 0 Å². The van der Waals surface area contributed by atoms with Crippen LogP contribution < -0.4 is 10.6 Å². The second kappa shape index (κ2) is 7.61. The van der Waals surface area contributed by atoms with Crippen LogP contribution in [0.1, 0.15) is 11.7 Å². The molecule has 0 aliphatic heterocycles. The number of rotatable bonds is 5. The average molecular weight is 335 g/mol. The zero-order valence-corrected chi connectivity index (χ0v) is 12.7. The van der Waals surface area contributed by atoms with Gasteiger partial charge in [-0.15, -0.1) is 0 Å². The van der Waals surface area contributed by atoms with Crippen LogP contribution in [0.4, 0.5) is 15.8 Å². The number of nitro groups is 1. The van der Waals surface area contributed by atoms with Crippen LogP contribution >= 0.6 is 12.2 Å². The van der Waals surface area contributed by atoms with Crippen LogP contribution in [0.3, 0.4) is 0 Å². The first-order chi connectivity index (χ1) is 11.0. The quantitative estimate of drug-likeness (QED) is 0.442. The third-order valence-electron chi connectivity index (χ3n) is 3.05. The molecule has 2 rings (SSSR count). The summed E-state index contributed by atoms with van der Waals surface area (Å²) in [5, 5.41) is 26.6. The molecule has 0 saturated carbocycles. The number of aliphatic hydroxyl groups is 1. The number of thiocarbonyl (C=S) groups is 1. The standard InChI is InChI=1S/C15H14FN3O3S/c16-11-3-5-12(6-4-11)18-15(23)17-9-14(20)10-1-7-13(8-2-10)19(21)22/h1-8,14,20H,9H2,(H2,17,18,23)/t14-/m1/s1.